The van der Waals surface area contributed by atoms with Crippen LogP contribution in [0.1, 0.15) is 22.3 Å². The van der Waals surface area contributed by atoms with Gasteiger partial charge in [-0.15, -0.1) is 0 Å². The van der Waals surface area contributed by atoms with Gasteiger partial charge in [0.2, 0.25) is 11.8 Å². The highest BCUT2D eigenvalue weighted by molar-refractivity contribution is 6.39. The molecule has 4 atom stereocenters. The first-order chi connectivity index (χ1) is 22.8. The highest BCUT2D eigenvalue weighted by Gasteiger charge is 2.82. The molecule has 5 aromatic carbocycles. The summed E-state index contributed by atoms with van der Waals surface area (Å²) < 4.78 is 5.35. The topological polar surface area (TPSA) is 63.7 Å². The minimum Gasteiger partial charge on any atom is -0.497 e. The van der Waals surface area contributed by atoms with Crippen molar-refractivity contribution in [2.45, 2.75) is 10.8 Å². The third-order valence-corrected chi connectivity index (χ3v) is 10.6. The van der Waals surface area contributed by atoms with Crippen molar-refractivity contribution in [1.29, 1.82) is 0 Å². The minimum atomic E-state index is -1.52. The van der Waals surface area contributed by atoms with Gasteiger partial charge in [-0.25, -0.2) is 4.90 Å². The zero-order valence-electron chi connectivity index (χ0n) is 25.2. The molecule has 1 heterocycles. The van der Waals surface area contributed by atoms with E-state index in [1.807, 2.05) is 84.9 Å². The molecule has 0 spiro atoms. The van der Waals surface area contributed by atoms with Crippen LogP contribution in [0.3, 0.4) is 0 Å². The molecule has 7 heteroatoms. The maximum absolute atomic E-state index is 15.9. The summed E-state index contributed by atoms with van der Waals surface area (Å²) in [7, 11) is 1.56. The number of fused-ring (bicyclic) bond motifs is 5. The van der Waals surface area contributed by atoms with Gasteiger partial charge in [-0.05, 0) is 81.9 Å². The Morgan fingerprint density at radius 3 is 1.34 bits per heavy atom. The van der Waals surface area contributed by atoms with E-state index >= 15 is 14.4 Å². The number of carbonyl (C=O) groups is 3. The van der Waals surface area contributed by atoms with E-state index in [1.54, 1.807) is 55.6 Å². The molecule has 1 saturated heterocycles. The number of hydrogen-bond acceptors (Lipinski definition) is 4. The number of allylic oxidation sites excluding steroid dienone is 2. The molecule has 0 radical (unpaired) electrons. The summed E-state index contributed by atoms with van der Waals surface area (Å²) in [6.45, 7) is 0. The number of benzene rings is 5. The van der Waals surface area contributed by atoms with Crippen LogP contribution in [-0.2, 0) is 25.2 Å². The number of nitrogens with zero attached hydrogens (tertiary/aromatic N) is 1. The van der Waals surface area contributed by atoms with Gasteiger partial charge in [-0.2, -0.15) is 0 Å². The third kappa shape index (κ3) is 3.87. The summed E-state index contributed by atoms with van der Waals surface area (Å²) >= 11 is 12.8. The Labute approximate surface area is 282 Å². The van der Waals surface area contributed by atoms with Crippen LogP contribution in [-0.4, -0.2) is 24.7 Å². The molecule has 1 aliphatic heterocycles. The molecule has 47 heavy (non-hydrogen) atoms. The molecule has 2 aliphatic carbocycles. The molecule has 230 valence electrons. The van der Waals surface area contributed by atoms with E-state index in [1.165, 1.54) is 4.90 Å². The third-order valence-electron chi connectivity index (χ3n) is 10.0. The number of methoxy groups -OCH3 is 1. The van der Waals surface area contributed by atoms with Crippen LogP contribution in [0, 0.1) is 11.8 Å². The number of carbonyl (C=O) groups excluding carboxylic acids is 3. The molecule has 2 fully saturated rings. The molecular formula is C40H27Cl2NO4. The number of Topliss-reactive ketones (excluding diaryl/α,β-unsaturated/α-hetero) is 1. The summed E-state index contributed by atoms with van der Waals surface area (Å²) in [6, 6.07) is 40.5. The lowest BCUT2D eigenvalue weighted by Gasteiger charge is -2.39. The van der Waals surface area contributed by atoms with Gasteiger partial charge >= 0.3 is 0 Å². The predicted molar refractivity (Wildman–Crippen MR) is 183 cm³/mol. The largest absolute Gasteiger partial charge is 0.497 e. The molecule has 5 aromatic rings. The van der Waals surface area contributed by atoms with Crippen LogP contribution in [0.4, 0.5) is 5.69 Å². The second-order valence-corrected chi connectivity index (χ2v) is 13.0. The van der Waals surface area contributed by atoms with Crippen LogP contribution in [0.5, 0.6) is 5.75 Å². The molecule has 0 unspecified atom stereocenters. The Morgan fingerprint density at radius 1 is 0.553 bits per heavy atom. The molecule has 0 N–H and O–H groups in total. The monoisotopic (exact) mass is 655 g/mol. The van der Waals surface area contributed by atoms with Crippen LogP contribution >= 0.6 is 23.2 Å². The van der Waals surface area contributed by atoms with Crippen molar-refractivity contribution in [2.75, 3.05) is 12.0 Å². The zero-order chi connectivity index (χ0) is 32.5. The van der Waals surface area contributed by atoms with Gasteiger partial charge < -0.3 is 4.74 Å². The van der Waals surface area contributed by atoms with Crippen molar-refractivity contribution in [1.82, 2.24) is 0 Å². The summed E-state index contributed by atoms with van der Waals surface area (Å²) in [4.78, 5) is 47.3. The summed E-state index contributed by atoms with van der Waals surface area (Å²) in [5, 5.41) is 0.993. The SMILES string of the molecule is COc1ccc(N2C(=O)[C@@H]3[C@@H](C2=O)[C@@]2(c4ccc(Cl)cc4)C(=O)[C@@]3(c3ccc(Cl)cc3)C(c3ccccc3)=C2c2ccccc2)cc1. The average Bonchev–Trinajstić information content (AvgIpc) is 3.61. The summed E-state index contributed by atoms with van der Waals surface area (Å²) in [5.74, 6) is -2.54. The van der Waals surface area contributed by atoms with Crippen LogP contribution in [0.15, 0.2) is 133 Å². The van der Waals surface area contributed by atoms with Gasteiger partial charge in [0, 0.05) is 10.0 Å². The van der Waals surface area contributed by atoms with Crippen molar-refractivity contribution < 1.29 is 19.1 Å². The number of anilines is 1. The van der Waals surface area contributed by atoms with E-state index in [0.717, 1.165) is 11.1 Å². The average molecular weight is 657 g/mol. The summed E-state index contributed by atoms with van der Waals surface area (Å²) in [5.41, 5.74) is 1.63. The van der Waals surface area contributed by atoms with E-state index < -0.39 is 34.5 Å². The molecule has 8 rings (SSSR count). The minimum absolute atomic E-state index is 0.210. The Balaban J connectivity index is 1.54. The van der Waals surface area contributed by atoms with Gasteiger partial charge in [0.05, 0.1) is 35.5 Å². The molecule has 3 aliphatic rings. The lowest BCUT2D eigenvalue weighted by atomic mass is 9.59. The second-order valence-electron chi connectivity index (χ2n) is 12.1. The number of ketones is 1. The van der Waals surface area contributed by atoms with Crippen LogP contribution < -0.4 is 9.64 Å². The lowest BCUT2D eigenvalue weighted by Crippen LogP contribution is -2.45. The van der Waals surface area contributed by atoms with Gasteiger partial charge in [-0.1, -0.05) is 108 Å². The zero-order valence-corrected chi connectivity index (χ0v) is 26.7. The van der Waals surface area contributed by atoms with E-state index in [4.69, 9.17) is 27.9 Å². The van der Waals surface area contributed by atoms with Gasteiger partial charge in [-0.3, -0.25) is 14.4 Å². The first-order valence-electron chi connectivity index (χ1n) is 15.3. The highest BCUT2D eigenvalue weighted by atomic mass is 35.5. The fraction of sp³-hybridized carbons (Fsp3) is 0.125. The predicted octanol–water partition coefficient (Wildman–Crippen LogP) is 8.19. The molecule has 2 amide bonds. The molecule has 0 aromatic heterocycles. The molecule has 2 bridgehead atoms. The number of hydrogen-bond donors (Lipinski definition) is 0. The fourth-order valence-electron chi connectivity index (χ4n) is 8.34. The maximum atomic E-state index is 15.9. The van der Waals surface area contributed by atoms with Crippen molar-refractivity contribution in [3.05, 3.63) is 166 Å². The Bertz CT molecular complexity index is 1970. The van der Waals surface area contributed by atoms with Gasteiger partial charge in [0.25, 0.3) is 0 Å². The van der Waals surface area contributed by atoms with Gasteiger partial charge in [0.1, 0.15) is 5.75 Å². The first-order valence-corrected chi connectivity index (χ1v) is 16.1. The normalized spacial score (nSPS) is 24.7. The lowest BCUT2D eigenvalue weighted by molar-refractivity contribution is -0.130. The van der Waals surface area contributed by atoms with Crippen molar-refractivity contribution >= 4 is 57.6 Å². The highest BCUT2D eigenvalue weighted by Crippen LogP contribution is 2.74. The number of imide groups is 1. The molecular weight excluding hydrogens is 629 g/mol. The number of rotatable bonds is 6. The Kier molecular flexibility index (Phi) is 6.76. The fourth-order valence-corrected chi connectivity index (χ4v) is 8.60. The second kappa shape index (κ2) is 10.8. The van der Waals surface area contributed by atoms with Gasteiger partial charge in [0.15, 0.2) is 5.78 Å². The van der Waals surface area contributed by atoms with E-state index in [2.05, 4.69) is 0 Å². The Hall–Kier alpha value is -4.97. The number of halogens is 2. The van der Waals surface area contributed by atoms with E-state index in [0.29, 0.717) is 43.8 Å². The summed E-state index contributed by atoms with van der Waals surface area (Å²) in [6.07, 6.45) is 0. The number of amides is 2. The van der Waals surface area contributed by atoms with Crippen LogP contribution in [0.2, 0.25) is 10.0 Å². The van der Waals surface area contributed by atoms with E-state index in [9.17, 15) is 0 Å². The molecule has 1 saturated carbocycles. The number of ether oxygens (including phenoxy) is 1. The van der Waals surface area contributed by atoms with Crippen LogP contribution in [0.25, 0.3) is 11.1 Å². The Morgan fingerprint density at radius 2 is 0.957 bits per heavy atom. The molecule has 5 nitrogen and oxygen atoms in total. The maximum Gasteiger partial charge on any atom is 0.239 e. The first kappa shape index (κ1) is 29.4. The standard InChI is InChI=1S/C40H27Cl2NO4/c1-47-31-22-20-30(21-23-31)43-36(44)34-35(37(43)45)40(27-14-18-29(42)19-15-27)33(25-10-6-3-7-11-25)32(24-8-4-2-5-9-24)39(34,38(40)46)26-12-16-28(41)17-13-26/h2-23,34-35H,1H3/t34-,35-,39-,40-/m0/s1. The quantitative estimate of drug-likeness (QED) is 0.173. The van der Waals surface area contributed by atoms with Crippen molar-refractivity contribution in [3.8, 4) is 5.75 Å². The van der Waals surface area contributed by atoms with Crippen molar-refractivity contribution in [2.24, 2.45) is 11.8 Å². The smallest absolute Gasteiger partial charge is 0.239 e. The van der Waals surface area contributed by atoms with E-state index in [-0.39, 0.29) is 5.78 Å². The van der Waals surface area contributed by atoms with Crippen molar-refractivity contribution in [3.63, 3.8) is 0 Å².